The van der Waals surface area contributed by atoms with E-state index in [1.54, 1.807) is 0 Å². The van der Waals surface area contributed by atoms with Gasteiger partial charge in [-0.3, -0.25) is 0 Å². The van der Waals surface area contributed by atoms with Crippen molar-refractivity contribution >= 4 is 11.8 Å². The highest BCUT2D eigenvalue weighted by molar-refractivity contribution is 5.45. The predicted molar refractivity (Wildman–Crippen MR) is 84.7 cm³/mol. The van der Waals surface area contributed by atoms with Crippen LogP contribution in [0.15, 0.2) is 12.3 Å². The summed E-state index contributed by atoms with van der Waals surface area (Å²) in [5.41, 5.74) is 0.351. The molecule has 1 spiro atoms. The maximum atomic E-state index is 4.75. The molecule has 3 heterocycles. The highest BCUT2D eigenvalue weighted by Crippen LogP contribution is 2.32. The van der Waals surface area contributed by atoms with Gasteiger partial charge in [-0.05, 0) is 44.7 Å². The van der Waals surface area contributed by atoms with Crippen LogP contribution in [0.25, 0.3) is 0 Å². The van der Waals surface area contributed by atoms with Crippen molar-refractivity contribution in [3.63, 3.8) is 0 Å². The third-order valence-electron chi connectivity index (χ3n) is 5.34. The second-order valence-electron chi connectivity index (χ2n) is 6.85. The van der Waals surface area contributed by atoms with Gasteiger partial charge in [0.25, 0.3) is 0 Å². The average Bonchev–Trinajstić information content (AvgIpc) is 3.24. The maximum absolute atomic E-state index is 4.75. The topological polar surface area (TPSA) is 53.1 Å². The van der Waals surface area contributed by atoms with Gasteiger partial charge in [-0.1, -0.05) is 12.8 Å². The normalized spacial score (nSPS) is 29.6. The number of hydrogen-bond acceptors (Lipinski definition) is 5. The highest BCUT2D eigenvalue weighted by Gasteiger charge is 2.40. The Bertz CT molecular complexity index is 491. The first-order chi connectivity index (χ1) is 10.3. The molecule has 21 heavy (non-hydrogen) atoms. The molecule has 3 aliphatic rings. The van der Waals surface area contributed by atoms with Crippen molar-refractivity contribution in [3.8, 4) is 0 Å². The van der Waals surface area contributed by atoms with Crippen LogP contribution in [0.5, 0.6) is 0 Å². The molecule has 2 saturated heterocycles. The number of nitrogens with one attached hydrogen (secondary N) is 2. The summed E-state index contributed by atoms with van der Waals surface area (Å²) in [6, 6.07) is 2.62. The number of nitrogens with zero attached hydrogens (tertiary/aromatic N) is 3. The molecule has 1 aliphatic carbocycles. The molecule has 2 N–H and O–H groups in total. The van der Waals surface area contributed by atoms with Crippen molar-refractivity contribution in [2.75, 3.05) is 29.9 Å². The Morgan fingerprint density at radius 3 is 2.95 bits per heavy atom. The molecule has 1 aromatic heterocycles. The first kappa shape index (κ1) is 13.3. The molecule has 0 amide bonds. The Morgan fingerprint density at radius 2 is 2.14 bits per heavy atom. The number of hydrogen-bond donors (Lipinski definition) is 2. The molecule has 1 atom stereocenters. The Hall–Kier alpha value is -1.36. The molecule has 1 aromatic rings. The van der Waals surface area contributed by atoms with Gasteiger partial charge in [-0.15, -0.1) is 0 Å². The Morgan fingerprint density at radius 1 is 1.24 bits per heavy atom. The quantitative estimate of drug-likeness (QED) is 0.892. The van der Waals surface area contributed by atoms with Gasteiger partial charge in [0.2, 0.25) is 5.95 Å². The van der Waals surface area contributed by atoms with Crippen LogP contribution in [0.3, 0.4) is 0 Å². The second-order valence-corrected chi connectivity index (χ2v) is 6.85. The Kier molecular flexibility index (Phi) is 3.45. The zero-order valence-corrected chi connectivity index (χ0v) is 12.6. The smallest absolute Gasteiger partial charge is 0.224 e. The van der Waals surface area contributed by atoms with Gasteiger partial charge in [-0.2, -0.15) is 4.98 Å². The number of anilines is 2. The van der Waals surface area contributed by atoms with Crippen LogP contribution in [-0.4, -0.2) is 41.2 Å². The Labute approximate surface area is 126 Å². The highest BCUT2D eigenvalue weighted by atomic mass is 15.3. The lowest BCUT2D eigenvalue weighted by atomic mass is 9.97. The summed E-state index contributed by atoms with van der Waals surface area (Å²) in [7, 11) is 0. The van der Waals surface area contributed by atoms with E-state index in [0.717, 1.165) is 24.9 Å². The van der Waals surface area contributed by atoms with E-state index in [4.69, 9.17) is 4.98 Å². The van der Waals surface area contributed by atoms with E-state index < -0.39 is 0 Å². The van der Waals surface area contributed by atoms with Gasteiger partial charge in [0.05, 0.1) is 0 Å². The van der Waals surface area contributed by atoms with E-state index in [9.17, 15) is 0 Å². The molecule has 5 nitrogen and oxygen atoms in total. The number of rotatable bonds is 3. The lowest BCUT2D eigenvalue weighted by Crippen LogP contribution is -2.42. The van der Waals surface area contributed by atoms with Crippen molar-refractivity contribution in [2.45, 2.75) is 56.5 Å². The molecule has 114 valence electrons. The van der Waals surface area contributed by atoms with Crippen LogP contribution in [0.2, 0.25) is 0 Å². The van der Waals surface area contributed by atoms with E-state index in [-0.39, 0.29) is 0 Å². The van der Waals surface area contributed by atoms with Crippen LogP contribution >= 0.6 is 0 Å². The molecule has 0 bridgehead atoms. The summed E-state index contributed by atoms with van der Waals surface area (Å²) in [6.07, 6.45) is 10.9. The monoisotopic (exact) mass is 287 g/mol. The lowest BCUT2D eigenvalue weighted by Gasteiger charge is -2.25. The molecular weight excluding hydrogens is 262 g/mol. The van der Waals surface area contributed by atoms with E-state index in [0.29, 0.717) is 11.6 Å². The zero-order valence-electron chi connectivity index (χ0n) is 12.6. The maximum Gasteiger partial charge on any atom is 0.224 e. The van der Waals surface area contributed by atoms with Crippen molar-refractivity contribution in [1.29, 1.82) is 0 Å². The first-order valence-electron chi connectivity index (χ1n) is 8.43. The summed E-state index contributed by atoms with van der Waals surface area (Å²) in [6.45, 7) is 3.37. The molecular formula is C16H25N5. The van der Waals surface area contributed by atoms with E-state index >= 15 is 0 Å². The molecule has 5 heteroatoms. The molecule has 0 radical (unpaired) electrons. The molecule has 1 saturated carbocycles. The van der Waals surface area contributed by atoms with Gasteiger partial charge in [0, 0.05) is 30.9 Å². The van der Waals surface area contributed by atoms with Crippen LogP contribution in [-0.2, 0) is 0 Å². The minimum absolute atomic E-state index is 0.351. The first-order valence-corrected chi connectivity index (χ1v) is 8.43. The van der Waals surface area contributed by atoms with Gasteiger partial charge >= 0.3 is 0 Å². The van der Waals surface area contributed by atoms with Crippen molar-refractivity contribution < 1.29 is 0 Å². The van der Waals surface area contributed by atoms with E-state index in [1.807, 2.05) is 12.3 Å². The van der Waals surface area contributed by atoms with Gasteiger partial charge in [0.15, 0.2) is 0 Å². The fourth-order valence-electron chi connectivity index (χ4n) is 4.13. The van der Waals surface area contributed by atoms with Crippen LogP contribution < -0.4 is 15.5 Å². The van der Waals surface area contributed by atoms with Gasteiger partial charge in [0.1, 0.15) is 5.82 Å². The third-order valence-corrected chi connectivity index (χ3v) is 5.34. The van der Waals surface area contributed by atoms with Crippen molar-refractivity contribution in [2.24, 2.45) is 0 Å². The largest absolute Gasteiger partial charge is 0.355 e. The molecule has 0 aromatic carbocycles. The standard InChI is InChI=1S/C16H25N5/c1-2-5-13(4-1)19-15-17-10-6-14(20-15)21-11-8-16(12-21)7-3-9-18-16/h6,10,13,18H,1-5,7-9,11-12H2,(H,17,19,20). The van der Waals surface area contributed by atoms with Crippen LogP contribution in [0, 0.1) is 0 Å². The number of aromatic nitrogens is 2. The summed E-state index contributed by atoms with van der Waals surface area (Å²) < 4.78 is 0. The molecule has 1 unspecified atom stereocenters. The van der Waals surface area contributed by atoms with Gasteiger partial charge < -0.3 is 15.5 Å². The Balaban J connectivity index is 1.45. The third kappa shape index (κ3) is 2.71. The SMILES string of the molecule is c1cc(N2CCC3(CCCN3)C2)nc(NC2CCCC2)n1. The average molecular weight is 287 g/mol. The van der Waals surface area contributed by atoms with Crippen molar-refractivity contribution in [3.05, 3.63) is 12.3 Å². The summed E-state index contributed by atoms with van der Waals surface area (Å²) >= 11 is 0. The van der Waals surface area contributed by atoms with Gasteiger partial charge in [-0.25, -0.2) is 4.98 Å². The summed E-state index contributed by atoms with van der Waals surface area (Å²) in [4.78, 5) is 11.6. The predicted octanol–water partition coefficient (Wildman–Crippen LogP) is 2.16. The fraction of sp³-hybridized carbons (Fsp3) is 0.750. The molecule has 4 rings (SSSR count). The van der Waals surface area contributed by atoms with Crippen LogP contribution in [0.1, 0.15) is 44.9 Å². The summed E-state index contributed by atoms with van der Waals surface area (Å²) in [5.74, 6) is 1.89. The van der Waals surface area contributed by atoms with Crippen LogP contribution in [0.4, 0.5) is 11.8 Å². The minimum Gasteiger partial charge on any atom is -0.355 e. The fourth-order valence-corrected chi connectivity index (χ4v) is 4.13. The zero-order chi connectivity index (χ0) is 14.1. The minimum atomic E-state index is 0.351. The van der Waals surface area contributed by atoms with Crippen molar-refractivity contribution in [1.82, 2.24) is 15.3 Å². The second kappa shape index (κ2) is 5.44. The molecule has 2 aliphatic heterocycles. The summed E-state index contributed by atoms with van der Waals surface area (Å²) in [5, 5.41) is 7.21. The van der Waals surface area contributed by atoms with E-state index in [2.05, 4.69) is 20.5 Å². The molecule has 3 fully saturated rings. The lowest BCUT2D eigenvalue weighted by molar-refractivity contribution is 0.418. The van der Waals surface area contributed by atoms with E-state index in [1.165, 1.54) is 51.5 Å².